The second-order valence-corrected chi connectivity index (χ2v) is 6.64. The van der Waals surface area contributed by atoms with Crippen LogP contribution >= 0.6 is 0 Å². The number of ether oxygens (including phenoxy) is 2. The van der Waals surface area contributed by atoms with Gasteiger partial charge < -0.3 is 14.8 Å². The molecule has 0 radical (unpaired) electrons. The van der Waals surface area contributed by atoms with Gasteiger partial charge in [0.15, 0.2) is 6.61 Å². The van der Waals surface area contributed by atoms with E-state index in [0.717, 1.165) is 37.4 Å². The molecule has 1 fully saturated rings. The van der Waals surface area contributed by atoms with Gasteiger partial charge in [0.25, 0.3) is 5.91 Å². The zero-order chi connectivity index (χ0) is 17.5. The predicted octanol–water partition coefficient (Wildman–Crippen LogP) is 3.24. The molecule has 2 aromatic rings. The summed E-state index contributed by atoms with van der Waals surface area (Å²) in [7, 11) is 0. The topological polar surface area (TPSA) is 47.6 Å². The Morgan fingerprint density at radius 2 is 1.88 bits per heavy atom. The van der Waals surface area contributed by atoms with Crippen LogP contribution < -0.4 is 10.1 Å². The monoisotopic (exact) mass is 339 g/mol. The van der Waals surface area contributed by atoms with Crippen molar-refractivity contribution in [3.05, 3.63) is 65.7 Å². The molecular formula is C21H25NO3. The molecule has 25 heavy (non-hydrogen) atoms. The van der Waals surface area contributed by atoms with Crippen molar-refractivity contribution >= 4 is 5.91 Å². The summed E-state index contributed by atoms with van der Waals surface area (Å²) in [6.07, 6.45) is 1.83. The van der Waals surface area contributed by atoms with E-state index in [9.17, 15) is 4.79 Å². The minimum absolute atomic E-state index is 0.0326. The van der Waals surface area contributed by atoms with Gasteiger partial charge in [0.2, 0.25) is 0 Å². The third kappa shape index (κ3) is 4.60. The fourth-order valence-electron chi connectivity index (χ4n) is 3.29. The summed E-state index contributed by atoms with van der Waals surface area (Å²) in [5.74, 6) is 0.627. The van der Waals surface area contributed by atoms with Crippen LogP contribution in [0.5, 0.6) is 5.75 Å². The summed E-state index contributed by atoms with van der Waals surface area (Å²) in [5, 5.41) is 3.06. The van der Waals surface area contributed by atoms with E-state index in [2.05, 4.69) is 29.6 Å². The highest BCUT2D eigenvalue weighted by atomic mass is 16.5. The number of hydrogen-bond donors (Lipinski definition) is 1. The maximum absolute atomic E-state index is 12.3. The molecule has 0 aliphatic carbocycles. The predicted molar refractivity (Wildman–Crippen MR) is 97.9 cm³/mol. The summed E-state index contributed by atoms with van der Waals surface area (Å²) >= 11 is 0. The Balaban J connectivity index is 1.58. The van der Waals surface area contributed by atoms with E-state index >= 15 is 0 Å². The molecule has 2 aromatic carbocycles. The number of amides is 1. The maximum Gasteiger partial charge on any atom is 0.257 e. The standard InChI is InChI=1S/C21H25NO3/c1-17-6-5-9-19(14-17)25-15-20(23)22-16-21(10-12-24-13-11-21)18-7-3-2-4-8-18/h2-9,14H,10-13,15-16H2,1H3,(H,22,23). The van der Waals surface area contributed by atoms with Crippen molar-refractivity contribution in [1.82, 2.24) is 5.32 Å². The molecule has 1 aliphatic heterocycles. The van der Waals surface area contributed by atoms with Gasteiger partial charge in [0.05, 0.1) is 0 Å². The first-order valence-corrected chi connectivity index (χ1v) is 8.77. The molecule has 0 spiro atoms. The molecule has 1 heterocycles. The van der Waals surface area contributed by atoms with Gasteiger partial charge in [-0.1, -0.05) is 42.5 Å². The Labute approximate surface area is 149 Å². The molecule has 132 valence electrons. The lowest BCUT2D eigenvalue weighted by molar-refractivity contribution is -0.123. The molecule has 1 amide bonds. The minimum atomic E-state index is -0.0942. The zero-order valence-electron chi connectivity index (χ0n) is 14.7. The molecular weight excluding hydrogens is 314 g/mol. The molecule has 0 atom stereocenters. The van der Waals surface area contributed by atoms with E-state index in [-0.39, 0.29) is 17.9 Å². The highest BCUT2D eigenvalue weighted by Gasteiger charge is 2.34. The van der Waals surface area contributed by atoms with Crippen LogP contribution in [-0.4, -0.2) is 32.3 Å². The number of carbonyl (C=O) groups is 1. The third-order valence-electron chi connectivity index (χ3n) is 4.82. The maximum atomic E-state index is 12.3. The van der Waals surface area contributed by atoms with Crippen molar-refractivity contribution in [3.63, 3.8) is 0 Å². The van der Waals surface area contributed by atoms with Gasteiger partial charge in [-0.05, 0) is 43.0 Å². The Hall–Kier alpha value is -2.33. The van der Waals surface area contributed by atoms with E-state index in [1.54, 1.807) is 0 Å². The first-order chi connectivity index (χ1) is 12.2. The van der Waals surface area contributed by atoms with E-state index in [1.165, 1.54) is 5.56 Å². The smallest absolute Gasteiger partial charge is 0.257 e. The van der Waals surface area contributed by atoms with Crippen molar-refractivity contribution in [2.24, 2.45) is 0 Å². The molecule has 4 heteroatoms. The highest BCUT2D eigenvalue weighted by Crippen LogP contribution is 2.34. The molecule has 4 nitrogen and oxygen atoms in total. The molecule has 3 rings (SSSR count). The molecule has 0 unspecified atom stereocenters. The SMILES string of the molecule is Cc1cccc(OCC(=O)NCC2(c3ccccc3)CCOCC2)c1. The quantitative estimate of drug-likeness (QED) is 0.879. The fourth-order valence-corrected chi connectivity index (χ4v) is 3.29. The first-order valence-electron chi connectivity index (χ1n) is 8.77. The van der Waals surface area contributed by atoms with Gasteiger partial charge in [-0.2, -0.15) is 0 Å². The number of nitrogens with one attached hydrogen (secondary N) is 1. The van der Waals surface area contributed by atoms with Crippen molar-refractivity contribution in [3.8, 4) is 5.75 Å². The lowest BCUT2D eigenvalue weighted by Crippen LogP contribution is -2.45. The summed E-state index contributed by atoms with van der Waals surface area (Å²) in [6.45, 7) is 4.10. The van der Waals surface area contributed by atoms with Crippen LogP contribution in [0.25, 0.3) is 0 Å². The van der Waals surface area contributed by atoms with Crippen molar-refractivity contribution in [2.75, 3.05) is 26.4 Å². The molecule has 1 saturated heterocycles. The van der Waals surface area contributed by atoms with Crippen molar-refractivity contribution in [2.45, 2.75) is 25.2 Å². The molecule has 0 aromatic heterocycles. The van der Waals surface area contributed by atoms with E-state index in [0.29, 0.717) is 6.54 Å². The third-order valence-corrected chi connectivity index (χ3v) is 4.82. The average molecular weight is 339 g/mol. The molecule has 0 saturated carbocycles. The number of hydrogen-bond acceptors (Lipinski definition) is 3. The Morgan fingerprint density at radius 3 is 2.60 bits per heavy atom. The number of carbonyl (C=O) groups excluding carboxylic acids is 1. The fraction of sp³-hybridized carbons (Fsp3) is 0.381. The summed E-state index contributed by atoms with van der Waals surface area (Å²) in [5.41, 5.74) is 2.32. The van der Waals surface area contributed by atoms with Gasteiger partial charge in [-0.3, -0.25) is 4.79 Å². The van der Waals surface area contributed by atoms with Gasteiger partial charge in [-0.15, -0.1) is 0 Å². The van der Waals surface area contributed by atoms with Crippen molar-refractivity contribution in [1.29, 1.82) is 0 Å². The second kappa shape index (κ2) is 8.17. The Kier molecular flexibility index (Phi) is 5.71. The van der Waals surface area contributed by atoms with Crippen LogP contribution in [0.1, 0.15) is 24.0 Å². The second-order valence-electron chi connectivity index (χ2n) is 6.64. The lowest BCUT2D eigenvalue weighted by atomic mass is 9.74. The average Bonchev–Trinajstić information content (AvgIpc) is 2.66. The van der Waals surface area contributed by atoms with E-state index in [1.807, 2.05) is 37.3 Å². The Morgan fingerprint density at radius 1 is 1.12 bits per heavy atom. The first kappa shape index (κ1) is 17.5. The Bertz CT molecular complexity index is 693. The minimum Gasteiger partial charge on any atom is -0.484 e. The number of rotatable bonds is 6. The van der Waals surface area contributed by atoms with Crippen LogP contribution in [0.3, 0.4) is 0 Å². The van der Waals surface area contributed by atoms with Crippen LogP contribution in [0.2, 0.25) is 0 Å². The van der Waals surface area contributed by atoms with Gasteiger partial charge in [0.1, 0.15) is 5.75 Å². The zero-order valence-corrected chi connectivity index (χ0v) is 14.7. The molecule has 0 bridgehead atoms. The van der Waals surface area contributed by atoms with Gasteiger partial charge >= 0.3 is 0 Å². The number of benzene rings is 2. The largest absolute Gasteiger partial charge is 0.484 e. The normalized spacial score (nSPS) is 16.2. The summed E-state index contributed by atoms with van der Waals surface area (Å²) in [4.78, 5) is 12.3. The lowest BCUT2D eigenvalue weighted by Gasteiger charge is -2.38. The summed E-state index contributed by atoms with van der Waals surface area (Å²) in [6, 6.07) is 18.1. The number of aryl methyl sites for hydroxylation is 1. The van der Waals surface area contributed by atoms with Crippen LogP contribution in [0.15, 0.2) is 54.6 Å². The van der Waals surface area contributed by atoms with E-state index < -0.39 is 0 Å². The van der Waals surface area contributed by atoms with E-state index in [4.69, 9.17) is 9.47 Å². The highest BCUT2D eigenvalue weighted by molar-refractivity contribution is 5.77. The van der Waals surface area contributed by atoms with Crippen LogP contribution in [0, 0.1) is 6.92 Å². The van der Waals surface area contributed by atoms with Gasteiger partial charge in [0, 0.05) is 25.2 Å². The molecule has 1 N–H and O–H groups in total. The summed E-state index contributed by atoms with van der Waals surface area (Å²) < 4.78 is 11.1. The van der Waals surface area contributed by atoms with Crippen LogP contribution in [0.4, 0.5) is 0 Å². The molecule has 1 aliphatic rings. The van der Waals surface area contributed by atoms with Crippen LogP contribution in [-0.2, 0) is 14.9 Å². The van der Waals surface area contributed by atoms with Gasteiger partial charge in [-0.25, -0.2) is 0 Å². The van der Waals surface area contributed by atoms with Crippen molar-refractivity contribution < 1.29 is 14.3 Å².